The summed E-state index contributed by atoms with van der Waals surface area (Å²) in [6, 6.07) is 8.39. The van der Waals surface area contributed by atoms with Gasteiger partial charge in [-0.2, -0.15) is 0 Å². The standard InChI is InChI=1S/C18H29N3O2.2ClH/c1-21(2)13-16-6-4-5-15(11-16)12-20-17(22)18(14-23-3)7-9-19-10-8-18;;/h4-6,11,19H,7-10,12-14H2,1-3H3,(H,20,22);2*1H. The number of amides is 1. The van der Waals surface area contributed by atoms with Crippen molar-refractivity contribution >= 4 is 30.7 Å². The number of methoxy groups -OCH3 is 1. The van der Waals surface area contributed by atoms with Crippen LogP contribution in [-0.2, 0) is 22.6 Å². The minimum atomic E-state index is -0.388. The van der Waals surface area contributed by atoms with Gasteiger partial charge in [-0.1, -0.05) is 24.3 Å². The van der Waals surface area contributed by atoms with E-state index in [2.05, 4.69) is 53.9 Å². The van der Waals surface area contributed by atoms with Crippen LogP contribution in [0.5, 0.6) is 0 Å². The number of ether oxygens (including phenoxy) is 1. The number of carbonyl (C=O) groups excluding carboxylic acids is 1. The lowest BCUT2D eigenvalue weighted by atomic mass is 9.78. The van der Waals surface area contributed by atoms with E-state index >= 15 is 0 Å². The normalized spacial score (nSPS) is 15.8. The van der Waals surface area contributed by atoms with Gasteiger partial charge in [-0.3, -0.25) is 4.79 Å². The van der Waals surface area contributed by atoms with Crippen molar-refractivity contribution in [2.45, 2.75) is 25.9 Å². The number of nitrogens with one attached hydrogen (secondary N) is 2. The molecule has 1 aromatic rings. The Morgan fingerprint density at radius 1 is 1.24 bits per heavy atom. The van der Waals surface area contributed by atoms with Crippen LogP contribution in [0.15, 0.2) is 24.3 Å². The van der Waals surface area contributed by atoms with Crippen molar-refractivity contribution in [2.75, 3.05) is 40.9 Å². The average molecular weight is 392 g/mol. The first kappa shape index (κ1) is 24.1. The summed E-state index contributed by atoms with van der Waals surface area (Å²) in [5.41, 5.74) is 2.01. The van der Waals surface area contributed by atoms with Crippen LogP contribution in [-0.4, -0.2) is 51.7 Å². The van der Waals surface area contributed by atoms with Gasteiger partial charge in [0, 0.05) is 20.2 Å². The molecule has 1 amide bonds. The number of rotatable bonds is 7. The fraction of sp³-hybridized carbons (Fsp3) is 0.611. The molecule has 0 aromatic heterocycles. The Bertz CT molecular complexity index is 515. The smallest absolute Gasteiger partial charge is 0.228 e. The molecule has 2 N–H and O–H groups in total. The van der Waals surface area contributed by atoms with E-state index in [-0.39, 0.29) is 36.1 Å². The number of hydrogen-bond acceptors (Lipinski definition) is 4. The fourth-order valence-electron chi connectivity index (χ4n) is 3.19. The van der Waals surface area contributed by atoms with E-state index in [1.807, 2.05) is 0 Å². The Kier molecular flexibility index (Phi) is 11.3. The van der Waals surface area contributed by atoms with Gasteiger partial charge >= 0.3 is 0 Å². The quantitative estimate of drug-likeness (QED) is 0.747. The van der Waals surface area contributed by atoms with Crippen molar-refractivity contribution in [3.8, 4) is 0 Å². The summed E-state index contributed by atoms with van der Waals surface area (Å²) in [5.74, 6) is 0.110. The summed E-state index contributed by atoms with van der Waals surface area (Å²) in [5, 5.41) is 6.43. The third-order valence-electron chi connectivity index (χ3n) is 4.41. The van der Waals surface area contributed by atoms with Gasteiger partial charge in [0.15, 0.2) is 0 Å². The monoisotopic (exact) mass is 391 g/mol. The van der Waals surface area contributed by atoms with Crippen molar-refractivity contribution in [1.29, 1.82) is 0 Å². The van der Waals surface area contributed by atoms with Crippen molar-refractivity contribution in [3.63, 3.8) is 0 Å². The number of carbonyl (C=O) groups is 1. The van der Waals surface area contributed by atoms with Crippen molar-refractivity contribution in [3.05, 3.63) is 35.4 Å². The van der Waals surface area contributed by atoms with Crippen LogP contribution >= 0.6 is 24.8 Å². The lowest BCUT2D eigenvalue weighted by Crippen LogP contribution is -2.49. The second-order valence-electron chi connectivity index (χ2n) is 6.70. The maximum Gasteiger partial charge on any atom is 0.228 e. The van der Waals surface area contributed by atoms with Gasteiger partial charge < -0.3 is 20.3 Å². The summed E-state index contributed by atoms with van der Waals surface area (Å²) in [6.45, 7) is 3.70. The zero-order chi connectivity index (χ0) is 16.7. The van der Waals surface area contributed by atoms with Crippen molar-refractivity contribution in [2.24, 2.45) is 5.41 Å². The summed E-state index contributed by atoms with van der Waals surface area (Å²) >= 11 is 0. The van der Waals surface area contributed by atoms with Crippen LogP contribution in [0.3, 0.4) is 0 Å². The number of benzene rings is 1. The molecule has 25 heavy (non-hydrogen) atoms. The molecule has 0 unspecified atom stereocenters. The van der Waals surface area contributed by atoms with Crippen molar-refractivity contribution in [1.82, 2.24) is 15.5 Å². The summed E-state index contributed by atoms with van der Waals surface area (Å²) in [4.78, 5) is 14.9. The minimum Gasteiger partial charge on any atom is -0.384 e. The molecule has 0 bridgehead atoms. The first-order valence-electron chi connectivity index (χ1n) is 8.26. The van der Waals surface area contributed by atoms with E-state index in [1.165, 1.54) is 5.56 Å². The van der Waals surface area contributed by atoms with Crippen LogP contribution in [0.4, 0.5) is 0 Å². The van der Waals surface area contributed by atoms with Gasteiger partial charge in [0.25, 0.3) is 0 Å². The second-order valence-corrected chi connectivity index (χ2v) is 6.70. The van der Waals surface area contributed by atoms with Gasteiger partial charge in [0.05, 0.1) is 12.0 Å². The molecule has 1 saturated heterocycles. The molecular weight excluding hydrogens is 361 g/mol. The highest BCUT2D eigenvalue weighted by atomic mass is 35.5. The first-order chi connectivity index (χ1) is 11.1. The molecule has 144 valence electrons. The topological polar surface area (TPSA) is 53.6 Å². The Morgan fingerprint density at radius 2 is 1.88 bits per heavy atom. The zero-order valence-corrected chi connectivity index (χ0v) is 17.0. The Hall–Kier alpha value is -0.850. The number of hydrogen-bond donors (Lipinski definition) is 2. The molecule has 1 aliphatic rings. The molecule has 1 aromatic carbocycles. The van der Waals surface area contributed by atoms with E-state index < -0.39 is 0 Å². The number of nitrogens with zero attached hydrogens (tertiary/aromatic N) is 1. The third kappa shape index (κ3) is 7.12. The molecule has 0 aliphatic carbocycles. The van der Waals surface area contributed by atoms with Gasteiger partial charge in [-0.25, -0.2) is 0 Å². The number of halogens is 2. The third-order valence-corrected chi connectivity index (χ3v) is 4.41. The summed E-state index contributed by atoms with van der Waals surface area (Å²) < 4.78 is 5.33. The predicted molar refractivity (Wildman–Crippen MR) is 107 cm³/mol. The Labute approximate surface area is 163 Å². The highest BCUT2D eigenvalue weighted by Crippen LogP contribution is 2.29. The predicted octanol–water partition coefficient (Wildman–Crippen LogP) is 2.22. The molecule has 2 rings (SSSR count). The second kappa shape index (κ2) is 11.7. The molecule has 0 spiro atoms. The van der Waals surface area contributed by atoms with Gasteiger partial charge in [-0.05, 0) is 51.2 Å². The molecule has 1 fully saturated rings. The van der Waals surface area contributed by atoms with Crippen LogP contribution < -0.4 is 10.6 Å². The lowest BCUT2D eigenvalue weighted by Gasteiger charge is -2.35. The first-order valence-corrected chi connectivity index (χ1v) is 8.26. The van der Waals surface area contributed by atoms with E-state index in [4.69, 9.17) is 4.74 Å². The van der Waals surface area contributed by atoms with Gasteiger partial charge in [0.1, 0.15) is 0 Å². The largest absolute Gasteiger partial charge is 0.384 e. The highest BCUT2D eigenvalue weighted by molar-refractivity contribution is 5.85. The van der Waals surface area contributed by atoms with Crippen LogP contribution in [0.2, 0.25) is 0 Å². The van der Waals surface area contributed by atoms with Crippen LogP contribution in [0, 0.1) is 5.41 Å². The fourth-order valence-corrected chi connectivity index (χ4v) is 3.19. The van der Waals surface area contributed by atoms with E-state index in [1.54, 1.807) is 7.11 Å². The minimum absolute atomic E-state index is 0. The zero-order valence-electron chi connectivity index (χ0n) is 15.3. The summed E-state index contributed by atoms with van der Waals surface area (Å²) in [6.07, 6.45) is 1.65. The Balaban J connectivity index is 0.00000288. The molecule has 0 atom stereocenters. The maximum atomic E-state index is 12.7. The van der Waals surface area contributed by atoms with E-state index in [0.29, 0.717) is 13.2 Å². The van der Waals surface area contributed by atoms with Crippen molar-refractivity contribution < 1.29 is 9.53 Å². The average Bonchev–Trinajstić information content (AvgIpc) is 2.53. The SMILES string of the molecule is COCC1(C(=O)NCc2cccc(CN(C)C)c2)CCNCC1.Cl.Cl. The highest BCUT2D eigenvalue weighted by Gasteiger charge is 2.39. The molecule has 1 aliphatic heterocycles. The maximum absolute atomic E-state index is 12.7. The Morgan fingerprint density at radius 3 is 2.48 bits per heavy atom. The molecule has 1 heterocycles. The van der Waals surface area contributed by atoms with Crippen LogP contribution in [0.25, 0.3) is 0 Å². The molecule has 5 nitrogen and oxygen atoms in total. The lowest BCUT2D eigenvalue weighted by molar-refractivity contribution is -0.136. The van der Waals surface area contributed by atoms with Gasteiger partial charge in [-0.15, -0.1) is 24.8 Å². The summed E-state index contributed by atoms with van der Waals surface area (Å²) in [7, 11) is 5.78. The molecule has 0 radical (unpaired) electrons. The molecule has 0 saturated carbocycles. The van der Waals surface area contributed by atoms with E-state index in [0.717, 1.165) is 38.0 Å². The van der Waals surface area contributed by atoms with E-state index in [9.17, 15) is 4.79 Å². The number of piperidine rings is 1. The van der Waals surface area contributed by atoms with Crippen LogP contribution in [0.1, 0.15) is 24.0 Å². The molecule has 7 heteroatoms. The van der Waals surface area contributed by atoms with Gasteiger partial charge in [0.2, 0.25) is 5.91 Å². The molecular formula is C18H31Cl2N3O2.